The molecule has 6 nitrogen and oxygen atoms in total. The van der Waals surface area contributed by atoms with Gasteiger partial charge in [-0.1, -0.05) is 35.9 Å². The van der Waals surface area contributed by atoms with Gasteiger partial charge in [0.1, 0.15) is 12.4 Å². The molecule has 0 aliphatic heterocycles. The molecule has 32 heavy (non-hydrogen) atoms. The highest BCUT2D eigenvalue weighted by atomic mass is 16.5. The molecule has 0 fully saturated rings. The second-order valence-corrected chi connectivity index (χ2v) is 7.27. The molecule has 1 heterocycles. The maximum Gasteiger partial charge on any atom is 0.291 e. The van der Waals surface area contributed by atoms with Gasteiger partial charge in [0.25, 0.3) is 11.8 Å². The zero-order valence-corrected chi connectivity index (χ0v) is 17.5. The Kier molecular flexibility index (Phi) is 6.32. The number of hydrogen-bond acceptors (Lipinski definition) is 4. The summed E-state index contributed by atoms with van der Waals surface area (Å²) in [5.41, 5.74) is 3.93. The quantitative estimate of drug-likeness (QED) is 0.399. The standard InChI is InChI=1S/C26H22N2O4/c1-18-5-2-6-19(15-18)17-32-23-8-3-7-20(16-23)25(29)27-21-10-12-22(13-11-21)28-26(30)24-9-4-14-31-24/h2-16H,17H2,1H3,(H,27,29)(H,28,30). The maximum absolute atomic E-state index is 12.7. The summed E-state index contributed by atoms with van der Waals surface area (Å²) >= 11 is 0. The predicted molar refractivity (Wildman–Crippen MR) is 123 cm³/mol. The van der Waals surface area contributed by atoms with E-state index >= 15 is 0 Å². The largest absolute Gasteiger partial charge is 0.489 e. The first-order valence-corrected chi connectivity index (χ1v) is 10.1. The zero-order valence-electron chi connectivity index (χ0n) is 17.5. The summed E-state index contributed by atoms with van der Waals surface area (Å²) in [4.78, 5) is 24.7. The normalized spacial score (nSPS) is 10.4. The molecule has 1 aromatic heterocycles. The van der Waals surface area contributed by atoms with Crippen LogP contribution in [0.5, 0.6) is 5.75 Å². The van der Waals surface area contributed by atoms with E-state index in [9.17, 15) is 9.59 Å². The van der Waals surface area contributed by atoms with Gasteiger partial charge >= 0.3 is 0 Å². The highest BCUT2D eigenvalue weighted by molar-refractivity contribution is 6.05. The fourth-order valence-corrected chi connectivity index (χ4v) is 3.14. The number of aryl methyl sites for hydroxylation is 1. The monoisotopic (exact) mass is 426 g/mol. The number of amides is 2. The lowest BCUT2D eigenvalue weighted by Gasteiger charge is -2.10. The number of anilines is 2. The Morgan fingerprint density at radius 1 is 0.812 bits per heavy atom. The molecule has 0 atom stereocenters. The van der Waals surface area contributed by atoms with E-state index in [1.54, 1.807) is 54.6 Å². The molecule has 0 unspecified atom stereocenters. The van der Waals surface area contributed by atoms with Crippen LogP contribution in [0.15, 0.2) is 95.6 Å². The molecule has 2 N–H and O–H groups in total. The smallest absolute Gasteiger partial charge is 0.291 e. The van der Waals surface area contributed by atoms with Gasteiger partial charge in [-0.3, -0.25) is 9.59 Å². The minimum atomic E-state index is -0.339. The summed E-state index contributed by atoms with van der Waals surface area (Å²) in [7, 11) is 0. The summed E-state index contributed by atoms with van der Waals surface area (Å²) in [5.74, 6) is 0.259. The highest BCUT2D eigenvalue weighted by Crippen LogP contribution is 2.19. The van der Waals surface area contributed by atoms with Crippen LogP contribution in [0.3, 0.4) is 0 Å². The number of benzene rings is 3. The second-order valence-electron chi connectivity index (χ2n) is 7.27. The van der Waals surface area contributed by atoms with E-state index in [4.69, 9.17) is 9.15 Å². The molecule has 0 radical (unpaired) electrons. The number of hydrogen-bond donors (Lipinski definition) is 2. The number of carbonyl (C=O) groups excluding carboxylic acids is 2. The van der Waals surface area contributed by atoms with Crippen LogP contribution >= 0.6 is 0 Å². The fourth-order valence-electron chi connectivity index (χ4n) is 3.14. The maximum atomic E-state index is 12.7. The van der Waals surface area contributed by atoms with E-state index in [-0.39, 0.29) is 17.6 Å². The van der Waals surface area contributed by atoms with Gasteiger partial charge in [0.05, 0.1) is 6.26 Å². The summed E-state index contributed by atoms with van der Waals surface area (Å²) in [5, 5.41) is 5.58. The lowest BCUT2D eigenvalue weighted by Crippen LogP contribution is -2.13. The molecule has 0 aliphatic carbocycles. The van der Waals surface area contributed by atoms with Crippen LogP contribution in [-0.4, -0.2) is 11.8 Å². The van der Waals surface area contributed by atoms with Crippen molar-refractivity contribution in [3.8, 4) is 5.75 Å². The SMILES string of the molecule is Cc1cccc(COc2cccc(C(=O)Nc3ccc(NC(=O)c4ccco4)cc3)c2)c1. The first-order chi connectivity index (χ1) is 15.6. The van der Waals surface area contributed by atoms with Crippen molar-refractivity contribution < 1.29 is 18.7 Å². The van der Waals surface area contributed by atoms with E-state index in [0.29, 0.717) is 29.3 Å². The van der Waals surface area contributed by atoms with Crippen LogP contribution in [0.2, 0.25) is 0 Å². The molecule has 0 spiro atoms. The second kappa shape index (κ2) is 9.66. The number of nitrogens with one attached hydrogen (secondary N) is 2. The molecule has 0 aliphatic rings. The van der Waals surface area contributed by atoms with Gasteiger partial charge < -0.3 is 19.8 Å². The van der Waals surface area contributed by atoms with Gasteiger partial charge in [-0.05, 0) is 67.1 Å². The van der Waals surface area contributed by atoms with Crippen LogP contribution in [0.4, 0.5) is 11.4 Å². The van der Waals surface area contributed by atoms with Crippen molar-refractivity contribution >= 4 is 23.2 Å². The Hall–Kier alpha value is -4.32. The highest BCUT2D eigenvalue weighted by Gasteiger charge is 2.10. The van der Waals surface area contributed by atoms with Crippen LogP contribution < -0.4 is 15.4 Å². The molecule has 6 heteroatoms. The average molecular weight is 426 g/mol. The molecular formula is C26H22N2O4. The molecule has 4 aromatic rings. The summed E-state index contributed by atoms with van der Waals surface area (Å²) in [6.07, 6.45) is 1.44. The lowest BCUT2D eigenvalue weighted by molar-refractivity contribution is 0.0994. The van der Waals surface area contributed by atoms with E-state index in [2.05, 4.69) is 16.7 Å². The molecule has 0 saturated carbocycles. The molecule has 3 aromatic carbocycles. The van der Waals surface area contributed by atoms with Crippen molar-refractivity contribution in [2.45, 2.75) is 13.5 Å². The van der Waals surface area contributed by atoms with Crippen LogP contribution in [0, 0.1) is 6.92 Å². The number of rotatable bonds is 7. The van der Waals surface area contributed by atoms with Gasteiger partial charge in [0.15, 0.2) is 5.76 Å². The first kappa shape index (κ1) is 20.9. The van der Waals surface area contributed by atoms with Crippen molar-refractivity contribution in [1.29, 1.82) is 0 Å². The third kappa shape index (κ3) is 5.43. The molecule has 0 saturated heterocycles. The summed E-state index contributed by atoms with van der Waals surface area (Å²) < 4.78 is 10.9. The molecular weight excluding hydrogens is 404 g/mol. The van der Waals surface area contributed by atoms with Gasteiger partial charge in [-0.2, -0.15) is 0 Å². The molecule has 160 valence electrons. The Morgan fingerprint density at radius 3 is 2.22 bits per heavy atom. The topological polar surface area (TPSA) is 80.6 Å². The van der Waals surface area contributed by atoms with E-state index < -0.39 is 0 Å². The third-order valence-corrected chi connectivity index (χ3v) is 4.73. The minimum Gasteiger partial charge on any atom is -0.489 e. The van der Waals surface area contributed by atoms with Gasteiger partial charge in [-0.25, -0.2) is 0 Å². The zero-order chi connectivity index (χ0) is 22.3. The van der Waals surface area contributed by atoms with Gasteiger partial charge in [0, 0.05) is 16.9 Å². The van der Waals surface area contributed by atoms with Crippen molar-refractivity contribution in [3.05, 3.63) is 114 Å². The summed E-state index contributed by atoms with van der Waals surface area (Å²) in [6.45, 7) is 2.46. The predicted octanol–water partition coefficient (Wildman–Crippen LogP) is 5.67. The van der Waals surface area contributed by atoms with Gasteiger partial charge in [-0.15, -0.1) is 0 Å². The molecule has 2 amide bonds. The van der Waals surface area contributed by atoms with Gasteiger partial charge in [0.2, 0.25) is 0 Å². The Morgan fingerprint density at radius 2 is 1.53 bits per heavy atom. The van der Waals surface area contributed by atoms with Crippen molar-refractivity contribution in [3.63, 3.8) is 0 Å². The van der Waals surface area contributed by atoms with Crippen LogP contribution in [0.25, 0.3) is 0 Å². The lowest BCUT2D eigenvalue weighted by atomic mass is 10.1. The third-order valence-electron chi connectivity index (χ3n) is 4.73. The Balaban J connectivity index is 1.35. The van der Waals surface area contributed by atoms with Crippen molar-refractivity contribution in [2.75, 3.05) is 10.6 Å². The number of ether oxygens (including phenoxy) is 1. The van der Waals surface area contributed by atoms with E-state index in [0.717, 1.165) is 5.56 Å². The number of carbonyl (C=O) groups is 2. The molecule has 4 rings (SSSR count). The molecule has 0 bridgehead atoms. The van der Waals surface area contributed by atoms with E-state index in [1.807, 2.05) is 31.2 Å². The Labute approximate surface area is 185 Å². The fraction of sp³-hybridized carbons (Fsp3) is 0.0769. The van der Waals surface area contributed by atoms with Crippen molar-refractivity contribution in [1.82, 2.24) is 0 Å². The average Bonchev–Trinajstić information content (AvgIpc) is 3.35. The Bertz CT molecular complexity index is 1210. The van der Waals surface area contributed by atoms with Crippen molar-refractivity contribution in [2.24, 2.45) is 0 Å². The minimum absolute atomic E-state index is 0.229. The van der Waals surface area contributed by atoms with Crippen LogP contribution in [0.1, 0.15) is 32.0 Å². The summed E-state index contributed by atoms with van der Waals surface area (Å²) in [6, 6.07) is 25.2. The van der Waals surface area contributed by atoms with E-state index in [1.165, 1.54) is 11.8 Å². The van der Waals surface area contributed by atoms with Crippen LogP contribution in [-0.2, 0) is 6.61 Å². The number of furan rings is 1. The first-order valence-electron chi connectivity index (χ1n) is 10.1.